The van der Waals surface area contributed by atoms with Crippen molar-refractivity contribution in [3.05, 3.63) is 194 Å². The van der Waals surface area contributed by atoms with E-state index >= 15 is 0 Å². The molecule has 10 aromatic carbocycles. The number of aromatic nitrogens is 4. The van der Waals surface area contributed by atoms with E-state index in [1.54, 1.807) is 0 Å². The molecule has 0 saturated heterocycles. The van der Waals surface area contributed by atoms with Gasteiger partial charge in [-0.3, -0.25) is 0 Å². The molecule has 13 aromatic rings. The quantitative estimate of drug-likeness (QED) is 0.179. The molecule has 0 aliphatic heterocycles. The van der Waals surface area contributed by atoms with Crippen LogP contribution >= 0.6 is 0 Å². The molecule has 13 rings (SSSR count). The minimum absolute atomic E-state index is 0.569. The minimum atomic E-state index is 0.569. The fourth-order valence-corrected chi connectivity index (χ4v) is 9.44. The molecular formula is C55H32N4O. The normalized spacial score (nSPS) is 12.0. The van der Waals surface area contributed by atoms with Crippen LogP contribution in [0.15, 0.2) is 199 Å². The van der Waals surface area contributed by atoms with E-state index in [0.29, 0.717) is 17.5 Å². The summed E-state index contributed by atoms with van der Waals surface area (Å²) in [5.41, 5.74) is 7.50. The maximum absolute atomic E-state index is 6.79. The monoisotopic (exact) mass is 764 g/mol. The minimum Gasteiger partial charge on any atom is -0.456 e. The van der Waals surface area contributed by atoms with Crippen LogP contribution in [-0.2, 0) is 0 Å². The van der Waals surface area contributed by atoms with Crippen LogP contribution in [0.4, 0.5) is 0 Å². The van der Waals surface area contributed by atoms with Crippen LogP contribution in [0.25, 0.3) is 127 Å². The van der Waals surface area contributed by atoms with E-state index in [0.717, 1.165) is 87.7 Å². The molecule has 3 aromatic heterocycles. The van der Waals surface area contributed by atoms with Crippen molar-refractivity contribution in [2.75, 3.05) is 0 Å². The molecule has 0 aliphatic carbocycles. The van der Waals surface area contributed by atoms with Crippen molar-refractivity contribution in [3.8, 4) is 39.9 Å². The standard InChI is InChI=1S/C55H32N4O/c1-3-17-37-31-48-44(29-35(37)15-1)41-23-9-10-26-46(41)59(48)47-27-28-49-51(45-30-36-16-2-4-18-38(36)32-50(45)60-49)52(47)55-57-53(42-24-11-19-33-13-5-7-21-39(33)42)56-54(58-55)43-25-12-20-34-14-6-8-22-40(34)43/h1-32H. The number of hydrogen-bond donors (Lipinski definition) is 0. The smallest absolute Gasteiger partial charge is 0.166 e. The molecule has 60 heavy (non-hydrogen) atoms. The zero-order chi connectivity index (χ0) is 39.3. The average molecular weight is 765 g/mol. The van der Waals surface area contributed by atoms with Crippen LogP contribution in [0.2, 0.25) is 0 Å². The van der Waals surface area contributed by atoms with Gasteiger partial charge in [0, 0.05) is 32.7 Å². The lowest BCUT2D eigenvalue weighted by molar-refractivity contribution is 0.669. The van der Waals surface area contributed by atoms with Crippen LogP contribution < -0.4 is 0 Å². The largest absolute Gasteiger partial charge is 0.456 e. The molecule has 5 nitrogen and oxygen atoms in total. The number of benzene rings is 10. The predicted molar refractivity (Wildman–Crippen MR) is 248 cm³/mol. The molecule has 0 atom stereocenters. The Hall–Kier alpha value is -8.15. The van der Waals surface area contributed by atoms with Crippen LogP contribution in [0.3, 0.4) is 0 Å². The van der Waals surface area contributed by atoms with Crippen molar-refractivity contribution in [3.63, 3.8) is 0 Å². The Morgan fingerprint density at radius 2 is 0.833 bits per heavy atom. The van der Waals surface area contributed by atoms with Gasteiger partial charge in [0.05, 0.1) is 22.3 Å². The number of furan rings is 1. The summed E-state index contributed by atoms with van der Waals surface area (Å²) in [6.45, 7) is 0. The highest BCUT2D eigenvalue weighted by molar-refractivity contribution is 6.19. The molecule has 0 N–H and O–H groups in total. The lowest BCUT2D eigenvalue weighted by atomic mass is 10.00. The van der Waals surface area contributed by atoms with Gasteiger partial charge in [0.15, 0.2) is 17.5 Å². The Morgan fingerprint density at radius 3 is 1.48 bits per heavy atom. The third-order valence-corrected chi connectivity index (χ3v) is 12.2. The summed E-state index contributed by atoms with van der Waals surface area (Å²) >= 11 is 0. The highest BCUT2D eigenvalue weighted by atomic mass is 16.3. The van der Waals surface area contributed by atoms with Crippen LogP contribution in [-0.4, -0.2) is 19.5 Å². The first-order valence-electron chi connectivity index (χ1n) is 20.3. The summed E-state index contributed by atoms with van der Waals surface area (Å²) in [5, 5.41) is 13.4. The number of fused-ring (bicyclic) bond motifs is 10. The van der Waals surface area contributed by atoms with Gasteiger partial charge in [-0.05, 0) is 85.6 Å². The predicted octanol–water partition coefficient (Wildman–Crippen LogP) is 14.5. The summed E-state index contributed by atoms with van der Waals surface area (Å²) < 4.78 is 9.19. The SMILES string of the molecule is c1ccc2cc3c(cc2c1)oc1ccc(-n2c4ccccc4c4cc5ccccc5cc42)c(-c2nc(-c4cccc5ccccc45)nc(-c4cccc5ccccc45)n2)c13. The van der Waals surface area contributed by atoms with Crippen molar-refractivity contribution < 1.29 is 4.42 Å². The van der Waals surface area contributed by atoms with Gasteiger partial charge in [-0.1, -0.05) is 152 Å². The van der Waals surface area contributed by atoms with E-state index in [-0.39, 0.29) is 0 Å². The van der Waals surface area contributed by atoms with E-state index < -0.39 is 0 Å². The number of nitrogens with zero attached hydrogens (tertiary/aromatic N) is 4. The molecule has 0 bridgehead atoms. The second-order valence-electron chi connectivity index (χ2n) is 15.6. The Bertz CT molecular complexity index is 3810. The second kappa shape index (κ2) is 12.7. The molecule has 5 heteroatoms. The Morgan fingerprint density at radius 1 is 0.333 bits per heavy atom. The first kappa shape index (κ1) is 32.9. The molecule has 0 unspecified atom stereocenters. The van der Waals surface area contributed by atoms with Gasteiger partial charge in [-0.15, -0.1) is 0 Å². The fourth-order valence-electron chi connectivity index (χ4n) is 9.44. The maximum Gasteiger partial charge on any atom is 0.166 e. The lowest BCUT2D eigenvalue weighted by Crippen LogP contribution is -2.04. The summed E-state index contributed by atoms with van der Waals surface area (Å²) in [6, 6.07) is 68.6. The van der Waals surface area contributed by atoms with Gasteiger partial charge in [0.2, 0.25) is 0 Å². The third kappa shape index (κ3) is 4.90. The fraction of sp³-hybridized carbons (Fsp3) is 0. The van der Waals surface area contributed by atoms with Gasteiger partial charge in [-0.25, -0.2) is 15.0 Å². The van der Waals surface area contributed by atoms with Crippen LogP contribution in [0.1, 0.15) is 0 Å². The zero-order valence-corrected chi connectivity index (χ0v) is 32.2. The molecule has 0 spiro atoms. The Kier molecular flexibility index (Phi) is 6.95. The first-order valence-corrected chi connectivity index (χ1v) is 20.3. The molecule has 0 saturated carbocycles. The van der Waals surface area contributed by atoms with Gasteiger partial charge in [0.25, 0.3) is 0 Å². The third-order valence-electron chi connectivity index (χ3n) is 12.2. The lowest BCUT2D eigenvalue weighted by Gasteiger charge is -2.16. The van der Waals surface area contributed by atoms with Crippen molar-refractivity contribution in [1.82, 2.24) is 19.5 Å². The summed E-state index contributed by atoms with van der Waals surface area (Å²) in [7, 11) is 0. The van der Waals surface area contributed by atoms with Crippen molar-refractivity contribution in [2.45, 2.75) is 0 Å². The Balaban J connectivity index is 1.22. The maximum atomic E-state index is 6.79. The zero-order valence-electron chi connectivity index (χ0n) is 32.2. The van der Waals surface area contributed by atoms with Gasteiger partial charge in [0.1, 0.15) is 11.2 Å². The van der Waals surface area contributed by atoms with Gasteiger partial charge in [-0.2, -0.15) is 0 Å². The second-order valence-corrected chi connectivity index (χ2v) is 15.6. The van der Waals surface area contributed by atoms with Crippen LogP contribution in [0.5, 0.6) is 0 Å². The van der Waals surface area contributed by atoms with E-state index in [9.17, 15) is 0 Å². The molecular weight excluding hydrogens is 733 g/mol. The highest BCUT2D eigenvalue weighted by Gasteiger charge is 2.25. The molecule has 0 amide bonds. The first-order chi connectivity index (χ1) is 29.7. The van der Waals surface area contributed by atoms with E-state index in [1.807, 2.05) is 0 Å². The van der Waals surface area contributed by atoms with Gasteiger partial charge >= 0.3 is 0 Å². The molecule has 0 radical (unpaired) electrons. The van der Waals surface area contributed by atoms with Gasteiger partial charge < -0.3 is 8.98 Å². The summed E-state index contributed by atoms with van der Waals surface area (Å²) in [4.78, 5) is 16.4. The van der Waals surface area contributed by atoms with E-state index in [4.69, 9.17) is 19.4 Å². The molecule has 0 aliphatic rings. The van der Waals surface area contributed by atoms with E-state index in [1.165, 1.54) is 21.5 Å². The van der Waals surface area contributed by atoms with Crippen molar-refractivity contribution in [1.29, 1.82) is 0 Å². The topological polar surface area (TPSA) is 56.7 Å². The number of para-hydroxylation sites is 1. The van der Waals surface area contributed by atoms with E-state index in [2.05, 4.69) is 199 Å². The van der Waals surface area contributed by atoms with Crippen LogP contribution in [0, 0.1) is 0 Å². The highest BCUT2D eigenvalue weighted by Crippen LogP contribution is 2.45. The van der Waals surface area contributed by atoms with Crippen molar-refractivity contribution >= 4 is 86.8 Å². The summed E-state index contributed by atoms with van der Waals surface area (Å²) in [5.74, 6) is 1.78. The molecule has 3 heterocycles. The average Bonchev–Trinajstić information content (AvgIpc) is 3.83. The Labute approximate surface area is 343 Å². The number of hydrogen-bond acceptors (Lipinski definition) is 4. The molecule has 278 valence electrons. The van der Waals surface area contributed by atoms with Crippen molar-refractivity contribution in [2.24, 2.45) is 0 Å². The summed E-state index contributed by atoms with van der Waals surface area (Å²) in [6.07, 6.45) is 0. The molecule has 0 fully saturated rings. The number of rotatable bonds is 4.